The SMILES string of the molecule is CC(C)CNC(=O)c1cnc(NCc2ccc(F)cc2)cn1. The summed E-state index contributed by atoms with van der Waals surface area (Å²) in [5, 5.41) is 5.85. The molecule has 0 saturated heterocycles. The van der Waals surface area contributed by atoms with Gasteiger partial charge in [-0.2, -0.15) is 0 Å². The largest absolute Gasteiger partial charge is 0.365 e. The molecule has 1 aromatic carbocycles. The van der Waals surface area contributed by atoms with Crippen LogP contribution in [0, 0.1) is 11.7 Å². The number of hydrogen-bond acceptors (Lipinski definition) is 4. The van der Waals surface area contributed by atoms with Gasteiger partial charge in [-0.3, -0.25) is 4.79 Å². The zero-order valence-electron chi connectivity index (χ0n) is 12.6. The summed E-state index contributed by atoms with van der Waals surface area (Å²) in [7, 11) is 0. The van der Waals surface area contributed by atoms with Crippen LogP contribution in [0.1, 0.15) is 29.9 Å². The lowest BCUT2D eigenvalue weighted by Crippen LogP contribution is -2.28. The molecule has 1 aromatic heterocycles. The number of carbonyl (C=O) groups is 1. The number of halogens is 1. The zero-order valence-corrected chi connectivity index (χ0v) is 12.6. The number of rotatable bonds is 6. The standard InChI is InChI=1S/C16H19FN4O/c1-11(2)7-21-16(22)14-9-20-15(10-18-14)19-8-12-3-5-13(17)6-4-12/h3-6,9-11H,7-8H2,1-2H3,(H,19,20)(H,21,22). The molecule has 116 valence electrons. The summed E-state index contributed by atoms with van der Waals surface area (Å²) in [6.07, 6.45) is 2.94. The number of nitrogens with zero attached hydrogens (tertiary/aromatic N) is 2. The Morgan fingerprint density at radius 2 is 1.91 bits per heavy atom. The molecule has 0 aliphatic heterocycles. The van der Waals surface area contributed by atoms with Crippen LogP contribution in [0.25, 0.3) is 0 Å². The van der Waals surface area contributed by atoms with E-state index in [0.29, 0.717) is 24.8 Å². The third-order valence-electron chi connectivity index (χ3n) is 2.94. The van der Waals surface area contributed by atoms with E-state index in [0.717, 1.165) is 5.56 Å². The van der Waals surface area contributed by atoms with Gasteiger partial charge in [0.2, 0.25) is 0 Å². The monoisotopic (exact) mass is 302 g/mol. The Hall–Kier alpha value is -2.50. The average molecular weight is 302 g/mol. The molecular weight excluding hydrogens is 283 g/mol. The highest BCUT2D eigenvalue weighted by Gasteiger charge is 2.08. The highest BCUT2D eigenvalue weighted by molar-refractivity contribution is 5.91. The fourth-order valence-corrected chi connectivity index (χ4v) is 1.72. The minimum Gasteiger partial charge on any atom is -0.365 e. The Kier molecular flexibility index (Phi) is 5.41. The van der Waals surface area contributed by atoms with E-state index in [-0.39, 0.29) is 17.4 Å². The van der Waals surface area contributed by atoms with Gasteiger partial charge in [0.05, 0.1) is 12.4 Å². The van der Waals surface area contributed by atoms with Crippen molar-refractivity contribution >= 4 is 11.7 Å². The summed E-state index contributed by atoms with van der Waals surface area (Å²) in [6, 6.07) is 6.21. The molecule has 0 radical (unpaired) electrons. The average Bonchev–Trinajstić information content (AvgIpc) is 2.52. The lowest BCUT2D eigenvalue weighted by Gasteiger charge is -2.08. The summed E-state index contributed by atoms with van der Waals surface area (Å²) in [6.45, 7) is 5.15. The van der Waals surface area contributed by atoms with Crippen molar-refractivity contribution in [1.29, 1.82) is 0 Å². The second kappa shape index (κ2) is 7.49. The molecule has 2 rings (SSSR count). The van der Waals surface area contributed by atoms with Crippen molar-refractivity contribution in [3.63, 3.8) is 0 Å². The van der Waals surface area contributed by atoms with Crippen LogP contribution in [-0.4, -0.2) is 22.4 Å². The summed E-state index contributed by atoms with van der Waals surface area (Å²) in [4.78, 5) is 20.0. The molecule has 0 bridgehead atoms. The molecule has 0 fully saturated rings. The number of aromatic nitrogens is 2. The van der Waals surface area contributed by atoms with Crippen LogP contribution < -0.4 is 10.6 Å². The van der Waals surface area contributed by atoms with Gasteiger partial charge < -0.3 is 10.6 Å². The van der Waals surface area contributed by atoms with Gasteiger partial charge in [0.1, 0.15) is 17.3 Å². The highest BCUT2D eigenvalue weighted by Crippen LogP contribution is 2.07. The van der Waals surface area contributed by atoms with Crippen molar-refractivity contribution in [3.05, 3.63) is 53.7 Å². The summed E-state index contributed by atoms with van der Waals surface area (Å²) < 4.78 is 12.8. The van der Waals surface area contributed by atoms with Crippen LogP contribution in [0.2, 0.25) is 0 Å². The van der Waals surface area contributed by atoms with Gasteiger partial charge in [0.15, 0.2) is 0 Å². The normalized spacial score (nSPS) is 10.5. The Labute approximate surface area is 129 Å². The van der Waals surface area contributed by atoms with Gasteiger partial charge in [-0.1, -0.05) is 26.0 Å². The second-order valence-corrected chi connectivity index (χ2v) is 5.37. The van der Waals surface area contributed by atoms with E-state index in [4.69, 9.17) is 0 Å². The van der Waals surface area contributed by atoms with Crippen molar-refractivity contribution in [2.24, 2.45) is 5.92 Å². The molecule has 6 heteroatoms. The lowest BCUT2D eigenvalue weighted by molar-refractivity contribution is 0.0943. The molecule has 0 spiro atoms. The first-order chi connectivity index (χ1) is 10.5. The maximum absolute atomic E-state index is 12.8. The number of anilines is 1. The number of nitrogens with one attached hydrogen (secondary N) is 2. The minimum absolute atomic E-state index is 0.230. The molecular formula is C16H19FN4O. The van der Waals surface area contributed by atoms with Crippen molar-refractivity contribution in [1.82, 2.24) is 15.3 Å². The van der Waals surface area contributed by atoms with E-state index in [1.54, 1.807) is 12.1 Å². The van der Waals surface area contributed by atoms with Crippen molar-refractivity contribution < 1.29 is 9.18 Å². The smallest absolute Gasteiger partial charge is 0.271 e. The summed E-state index contributed by atoms with van der Waals surface area (Å²) in [5.41, 5.74) is 1.22. The predicted octanol–water partition coefficient (Wildman–Crippen LogP) is 2.61. The quantitative estimate of drug-likeness (QED) is 0.861. The Morgan fingerprint density at radius 1 is 1.18 bits per heavy atom. The first kappa shape index (κ1) is 15.9. The fraction of sp³-hybridized carbons (Fsp3) is 0.312. The maximum Gasteiger partial charge on any atom is 0.271 e. The van der Waals surface area contributed by atoms with Crippen LogP contribution >= 0.6 is 0 Å². The van der Waals surface area contributed by atoms with Crippen LogP contribution in [0.15, 0.2) is 36.7 Å². The zero-order chi connectivity index (χ0) is 15.9. The molecule has 1 amide bonds. The fourth-order valence-electron chi connectivity index (χ4n) is 1.72. The van der Waals surface area contributed by atoms with E-state index in [2.05, 4.69) is 20.6 Å². The predicted molar refractivity (Wildman–Crippen MR) is 82.9 cm³/mol. The van der Waals surface area contributed by atoms with Gasteiger partial charge in [-0.25, -0.2) is 14.4 Å². The molecule has 0 aliphatic carbocycles. The summed E-state index contributed by atoms with van der Waals surface area (Å²) in [5.74, 6) is 0.449. The number of amides is 1. The van der Waals surface area contributed by atoms with Gasteiger partial charge in [-0.05, 0) is 23.6 Å². The topological polar surface area (TPSA) is 66.9 Å². The van der Waals surface area contributed by atoms with Crippen LogP contribution in [-0.2, 0) is 6.54 Å². The van der Waals surface area contributed by atoms with Crippen LogP contribution in [0.4, 0.5) is 10.2 Å². The molecule has 0 saturated carbocycles. The Balaban J connectivity index is 1.88. The van der Waals surface area contributed by atoms with E-state index >= 15 is 0 Å². The van der Waals surface area contributed by atoms with Gasteiger partial charge in [0, 0.05) is 13.1 Å². The number of carbonyl (C=O) groups excluding carboxylic acids is 1. The van der Waals surface area contributed by atoms with E-state index in [1.165, 1.54) is 24.5 Å². The molecule has 2 aromatic rings. The third-order valence-corrected chi connectivity index (χ3v) is 2.94. The first-order valence-electron chi connectivity index (χ1n) is 7.13. The van der Waals surface area contributed by atoms with Crippen molar-refractivity contribution in [2.75, 3.05) is 11.9 Å². The van der Waals surface area contributed by atoms with Crippen molar-refractivity contribution in [2.45, 2.75) is 20.4 Å². The number of hydrogen-bond donors (Lipinski definition) is 2. The van der Waals surface area contributed by atoms with Gasteiger partial charge in [0.25, 0.3) is 5.91 Å². The summed E-state index contributed by atoms with van der Waals surface area (Å²) >= 11 is 0. The minimum atomic E-state index is -0.264. The van der Waals surface area contributed by atoms with Crippen molar-refractivity contribution in [3.8, 4) is 0 Å². The first-order valence-corrected chi connectivity index (χ1v) is 7.13. The molecule has 22 heavy (non-hydrogen) atoms. The highest BCUT2D eigenvalue weighted by atomic mass is 19.1. The Bertz CT molecular complexity index is 611. The molecule has 0 aliphatic rings. The van der Waals surface area contributed by atoms with E-state index < -0.39 is 0 Å². The second-order valence-electron chi connectivity index (χ2n) is 5.37. The molecule has 5 nitrogen and oxygen atoms in total. The number of benzene rings is 1. The molecule has 1 heterocycles. The van der Waals surface area contributed by atoms with Gasteiger partial charge >= 0.3 is 0 Å². The van der Waals surface area contributed by atoms with E-state index in [1.807, 2.05) is 13.8 Å². The van der Waals surface area contributed by atoms with Crippen LogP contribution in [0.3, 0.4) is 0 Å². The Morgan fingerprint density at radius 3 is 2.50 bits per heavy atom. The van der Waals surface area contributed by atoms with E-state index in [9.17, 15) is 9.18 Å². The molecule has 2 N–H and O–H groups in total. The maximum atomic E-state index is 12.8. The lowest BCUT2D eigenvalue weighted by atomic mass is 10.2. The third kappa shape index (κ3) is 4.80. The van der Waals surface area contributed by atoms with Gasteiger partial charge in [-0.15, -0.1) is 0 Å². The van der Waals surface area contributed by atoms with Crippen LogP contribution in [0.5, 0.6) is 0 Å². The molecule has 0 atom stereocenters. The molecule has 0 unspecified atom stereocenters.